The highest BCUT2D eigenvalue weighted by molar-refractivity contribution is 5.91. The summed E-state index contributed by atoms with van der Waals surface area (Å²) in [5.41, 5.74) is 2.79. The summed E-state index contributed by atoms with van der Waals surface area (Å²) in [5.74, 6) is -1.07. The molecule has 100 valence electrons. The maximum Gasteiger partial charge on any atom is 0.371 e. The van der Waals surface area contributed by atoms with Crippen LogP contribution in [0.3, 0.4) is 0 Å². The fourth-order valence-electron chi connectivity index (χ4n) is 2.17. The van der Waals surface area contributed by atoms with Gasteiger partial charge >= 0.3 is 5.97 Å². The van der Waals surface area contributed by atoms with Gasteiger partial charge in [-0.3, -0.25) is 4.98 Å². The molecule has 0 fully saturated rings. The number of carbonyl (C=O) groups is 1. The first kappa shape index (κ1) is 12.4. The molecule has 0 saturated carbocycles. The molecule has 0 bridgehead atoms. The number of carboxylic acid groups (broad SMARTS) is 1. The Morgan fingerprint density at radius 2 is 2.05 bits per heavy atom. The van der Waals surface area contributed by atoms with Crippen LogP contribution in [0.25, 0.3) is 11.0 Å². The number of furan rings is 1. The summed E-state index contributed by atoms with van der Waals surface area (Å²) in [6.45, 7) is 0. The van der Waals surface area contributed by atoms with E-state index >= 15 is 0 Å². The van der Waals surface area contributed by atoms with E-state index in [0.29, 0.717) is 5.58 Å². The van der Waals surface area contributed by atoms with Gasteiger partial charge in [0.15, 0.2) is 0 Å². The number of aromatic carboxylic acids is 1. The van der Waals surface area contributed by atoms with Crippen molar-refractivity contribution in [1.29, 1.82) is 0 Å². The molecule has 0 atom stereocenters. The Labute approximate surface area is 115 Å². The summed E-state index contributed by atoms with van der Waals surface area (Å²) < 4.78 is 5.24. The highest BCUT2D eigenvalue weighted by atomic mass is 16.4. The maximum atomic E-state index is 10.9. The Bertz CT molecular complexity index is 747. The molecule has 2 aromatic heterocycles. The molecule has 0 radical (unpaired) electrons. The Morgan fingerprint density at radius 3 is 2.80 bits per heavy atom. The van der Waals surface area contributed by atoms with Gasteiger partial charge in [-0.15, -0.1) is 0 Å². The Kier molecular flexibility index (Phi) is 3.21. The van der Waals surface area contributed by atoms with E-state index in [1.807, 2.05) is 36.4 Å². The second-order valence-electron chi connectivity index (χ2n) is 4.61. The third-order valence-corrected chi connectivity index (χ3v) is 3.19. The Morgan fingerprint density at radius 1 is 1.15 bits per heavy atom. The number of hydrogen-bond acceptors (Lipinski definition) is 3. The number of fused-ring (bicyclic) bond motifs is 1. The number of aromatic nitrogens is 1. The number of hydrogen-bond donors (Lipinski definition) is 1. The van der Waals surface area contributed by atoms with Crippen molar-refractivity contribution in [1.82, 2.24) is 4.98 Å². The van der Waals surface area contributed by atoms with E-state index in [1.165, 1.54) is 0 Å². The molecule has 0 spiro atoms. The molecule has 0 unspecified atom stereocenters. The van der Waals surface area contributed by atoms with E-state index in [4.69, 9.17) is 9.52 Å². The molecule has 4 nitrogen and oxygen atoms in total. The molecule has 2 heterocycles. The van der Waals surface area contributed by atoms with Crippen molar-refractivity contribution in [2.75, 3.05) is 0 Å². The van der Waals surface area contributed by atoms with Crippen LogP contribution < -0.4 is 0 Å². The minimum absolute atomic E-state index is 0.0260. The van der Waals surface area contributed by atoms with Gasteiger partial charge < -0.3 is 9.52 Å². The van der Waals surface area contributed by atoms with Crippen molar-refractivity contribution in [3.05, 3.63) is 65.7 Å². The van der Waals surface area contributed by atoms with Crippen LogP contribution in [0.1, 0.15) is 21.8 Å². The highest BCUT2D eigenvalue weighted by Crippen LogP contribution is 2.21. The summed E-state index contributed by atoms with van der Waals surface area (Å²) in [6.07, 6.45) is 3.50. The minimum atomic E-state index is -1.05. The summed E-state index contributed by atoms with van der Waals surface area (Å²) in [4.78, 5) is 15.2. The van der Waals surface area contributed by atoms with Gasteiger partial charge in [-0.2, -0.15) is 0 Å². The predicted octanol–water partition coefficient (Wildman–Crippen LogP) is 3.31. The van der Waals surface area contributed by atoms with Gasteiger partial charge in [0.2, 0.25) is 5.76 Å². The lowest BCUT2D eigenvalue weighted by atomic mass is 10.1. The first-order chi connectivity index (χ1) is 9.72. The number of benzene rings is 1. The van der Waals surface area contributed by atoms with Crippen LogP contribution >= 0.6 is 0 Å². The van der Waals surface area contributed by atoms with Crippen LogP contribution in [0.5, 0.6) is 0 Å². The molecule has 3 aromatic rings. The summed E-state index contributed by atoms with van der Waals surface area (Å²) >= 11 is 0. The molecule has 0 amide bonds. The fraction of sp³-hybridized carbons (Fsp3) is 0.125. The van der Waals surface area contributed by atoms with Gasteiger partial charge in [0.05, 0.1) is 0 Å². The quantitative estimate of drug-likeness (QED) is 0.787. The van der Waals surface area contributed by atoms with Crippen molar-refractivity contribution >= 4 is 16.9 Å². The largest absolute Gasteiger partial charge is 0.475 e. The molecule has 3 rings (SSSR count). The Hall–Kier alpha value is -2.62. The summed E-state index contributed by atoms with van der Waals surface area (Å²) in [7, 11) is 0. The van der Waals surface area contributed by atoms with E-state index in [9.17, 15) is 4.79 Å². The van der Waals surface area contributed by atoms with Crippen LogP contribution in [0.15, 0.2) is 53.1 Å². The van der Waals surface area contributed by atoms with Crippen LogP contribution in [0.4, 0.5) is 0 Å². The first-order valence-electron chi connectivity index (χ1n) is 6.38. The molecule has 4 heteroatoms. The van der Waals surface area contributed by atoms with E-state index < -0.39 is 5.97 Å². The van der Waals surface area contributed by atoms with Crippen molar-refractivity contribution in [2.45, 2.75) is 12.8 Å². The van der Waals surface area contributed by atoms with Crippen molar-refractivity contribution < 1.29 is 14.3 Å². The summed E-state index contributed by atoms with van der Waals surface area (Å²) in [6, 6.07) is 13.2. The zero-order chi connectivity index (χ0) is 13.9. The summed E-state index contributed by atoms with van der Waals surface area (Å²) in [5, 5.41) is 9.73. The van der Waals surface area contributed by atoms with Crippen LogP contribution in [-0.4, -0.2) is 16.1 Å². The van der Waals surface area contributed by atoms with Gasteiger partial charge in [0.25, 0.3) is 0 Å². The third-order valence-electron chi connectivity index (χ3n) is 3.19. The fourth-order valence-corrected chi connectivity index (χ4v) is 2.17. The number of pyridine rings is 1. The second kappa shape index (κ2) is 5.17. The lowest BCUT2D eigenvalue weighted by molar-refractivity contribution is 0.0665. The van der Waals surface area contributed by atoms with E-state index in [-0.39, 0.29) is 5.76 Å². The number of rotatable bonds is 4. The monoisotopic (exact) mass is 267 g/mol. The topological polar surface area (TPSA) is 63.3 Å². The number of aryl methyl sites for hydroxylation is 2. The van der Waals surface area contributed by atoms with Gasteiger partial charge in [0, 0.05) is 17.3 Å². The van der Waals surface area contributed by atoms with Crippen LogP contribution in [0, 0.1) is 0 Å². The average Bonchev–Trinajstić information content (AvgIpc) is 2.89. The van der Waals surface area contributed by atoms with E-state index in [2.05, 4.69) is 4.98 Å². The molecule has 0 aliphatic rings. The Balaban J connectivity index is 1.80. The van der Waals surface area contributed by atoms with E-state index in [1.54, 1.807) is 12.3 Å². The molecule has 1 N–H and O–H groups in total. The number of nitrogens with zero attached hydrogens (tertiary/aromatic N) is 1. The van der Waals surface area contributed by atoms with Gasteiger partial charge in [-0.05, 0) is 48.7 Å². The van der Waals surface area contributed by atoms with Crippen molar-refractivity contribution in [3.8, 4) is 0 Å². The lowest BCUT2D eigenvalue weighted by Crippen LogP contribution is -1.93. The molecular formula is C16H13NO3. The standard InChI is InChI=1S/C16H13NO3/c18-16(19)15-10-12-9-11(5-7-14(12)20-15)4-6-13-3-1-2-8-17-13/h1-3,5,7-10H,4,6H2,(H,18,19). The van der Waals surface area contributed by atoms with Gasteiger partial charge in [0.1, 0.15) is 5.58 Å². The second-order valence-corrected chi connectivity index (χ2v) is 4.61. The average molecular weight is 267 g/mol. The maximum absolute atomic E-state index is 10.9. The molecule has 0 aliphatic heterocycles. The van der Waals surface area contributed by atoms with Crippen molar-refractivity contribution in [3.63, 3.8) is 0 Å². The minimum Gasteiger partial charge on any atom is -0.475 e. The molecule has 0 aliphatic carbocycles. The molecular weight excluding hydrogens is 254 g/mol. The van der Waals surface area contributed by atoms with Crippen LogP contribution in [0.2, 0.25) is 0 Å². The smallest absolute Gasteiger partial charge is 0.371 e. The predicted molar refractivity (Wildman–Crippen MR) is 74.8 cm³/mol. The van der Waals surface area contributed by atoms with Crippen molar-refractivity contribution in [2.24, 2.45) is 0 Å². The van der Waals surface area contributed by atoms with Gasteiger partial charge in [-0.25, -0.2) is 4.79 Å². The zero-order valence-corrected chi connectivity index (χ0v) is 10.7. The molecule has 1 aromatic carbocycles. The zero-order valence-electron chi connectivity index (χ0n) is 10.7. The first-order valence-corrected chi connectivity index (χ1v) is 6.38. The van der Waals surface area contributed by atoms with Crippen LogP contribution in [-0.2, 0) is 12.8 Å². The SMILES string of the molecule is O=C(O)c1cc2cc(CCc3ccccn3)ccc2o1. The lowest BCUT2D eigenvalue weighted by Gasteiger charge is -2.01. The molecule has 20 heavy (non-hydrogen) atoms. The highest BCUT2D eigenvalue weighted by Gasteiger charge is 2.10. The number of carboxylic acids is 1. The molecule has 0 saturated heterocycles. The normalized spacial score (nSPS) is 10.8. The van der Waals surface area contributed by atoms with E-state index in [0.717, 1.165) is 29.5 Å². The third kappa shape index (κ3) is 2.54. The van der Waals surface area contributed by atoms with Gasteiger partial charge in [-0.1, -0.05) is 12.1 Å².